The van der Waals surface area contributed by atoms with E-state index in [1.54, 1.807) is 0 Å². The van der Waals surface area contributed by atoms with E-state index in [2.05, 4.69) is 38.1 Å². The summed E-state index contributed by atoms with van der Waals surface area (Å²) >= 11 is 0. The molecule has 0 amide bonds. The number of anilines is 1. The summed E-state index contributed by atoms with van der Waals surface area (Å²) in [5.41, 5.74) is 6.15. The average molecular weight is 364 g/mol. The lowest BCUT2D eigenvalue weighted by atomic mass is 10.1. The second-order valence-electron chi connectivity index (χ2n) is 6.83. The molecule has 3 aromatic carbocycles. The molecule has 134 valence electrons. The van der Waals surface area contributed by atoms with E-state index in [1.165, 1.54) is 5.56 Å². The SMILES string of the molecule is c1ccc2c(c1)CN(c1nc3ccccc3[nH]1)C2=Nc1nc2ccccc2[nH]1. The van der Waals surface area contributed by atoms with Gasteiger partial charge in [0.05, 0.1) is 28.6 Å². The van der Waals surface area contributed by atoms with Crippen molar-refractivity contribution in [2.24, 2.45) is 4.99 Å². The number of hydrogen-bond donors (Lipinski definition) is 2. The van der Waals surface area contributed by atoms with Crippen LogP contribution in [-0.2, 0) is 6.54 Å². The van der Waals surface area contributed by atoms with Crippen molar-refractivity contribution in [2.75, 3.05) is 4.90 Å². The molecule has 6 heteroatoms. The number of H-pyrrole nitrogens is 2. The van der Waals surface area contributed by atoms with E-state index in [9.17, 15) is 0 Å². The molecule has 2 aromatic heterocycles. The van der Waals surface area contributed by atoms with Gasteiger partial charge in [-0.1, -0.05) is 48.5 Å². The minimum Gasteiger partial charge on any atom is -0.324 e. The number of rotatable bonds is 2. The number of benzene rings is 3. The van der Waals surface area contributed by atoms with Crippen molar-refractivity contribution in [1.82, 2.24) is 19.9 Å². The molecule has 0 saturated heterocycles. The van der Waals surface area contributed by atoms with Gasteiger partial charge in [0.25, 0.3) is 0 Å². The normalized spacial score (nSPS) is 15.0. The Hall–Kier alpha value is -3.93. The molecule has 6 nitrogen and oxygen atoms in total. The van der Waals surface area contributed by atoms with Crippen molar-refractivity contribution in [3.63, 3.8) is 0 Å². The molecule has 5 aromatic rings. The van der Waals surface area contributed by atoms with E-state index >= 15 is 0 Å². The van der Waals surface area contributed by atoms with Gasteiger partial charge in [0.15, 0.2) is 0 Å². The van der Waals surface area contributed by atoms with Crippen molar-refractivity contribution in [2.45, 2.75) is 6.54 Å². The average Bonchev–Trinajstić information content (AvgIpc) is 3.42. The van der Waals surface area contributed by atoms with Crippen LogP contribution in [0.5, 0.6) is 0 Å². The van der Waals surface area contributed by atoms with Gasteiger partial charge in [0.1, 0.15) is 5.84 Å². The van der Waals surface area contributed by atoms with Crippen LogP contribution >= 0.6 is 0 Å². The Morgan fingerprint density at radius 2 is 1.43 bits per heavy atom. The van der Waals surface area contributed by atoms with Crippen LogP contribution in [0.4, 0.5) is 11.9 Å². The lowest BCUT2D eigenvalue weighted by molar-refractivity contribution is 0.997. The summed E-state index contributed by atoms with van der Waals surface area (Å²) in [6.07, 6.45) is 0. The molecule has 0 unspecified atom stereocenters. The van der Waals surface area contributed by atoms with Gasteiger partial charge in [-0.25, -0.2) is 9.97 Å². The number of amidine groups is 1. The van der Waals surface area contributed by atoms with Crippen LogP contribution in [0.15, 0.2) is 77.8 Å². The van der Waals surface area contributed by atoms with Crippen molar-refractivity contribution >= 4 is 39.8 Å². The maximum absolute atomic E-state index is 4.88. The minimum absolute atomic E-state index is 0.592. The maximum Gasteiger partial charge on any atom is 0.229 e. The van der Waals surface area contributed by atoms with Gasteiger partial charge < -0.3 is 9.97 Å². The van der Waals surface area contributed by atoms with Crippen LogP contribution in [0.1, 0.15) is 11.1 Å². The second-order valence-corrected chi connectivity index (χ2v) is 6.83. The summed E-state index contributed by atoms with van der Waals surface area (Å²) in [4.78, 5) is 23.1. The lowest BCUT2D eigenvalue weighted by Gasteiger charge is -2.15. The van der Waals surface area contributed by atoms with E-state index in [4.69, 9.17) is 9.98 Å². The van der Waals surface area contributed by atoms with Crippen molar-refractivity contribution in [3.05, 3.63) is 83.9 Å². The standard InChI is InChI=1S/C22H16N6/c1-2-8-15-14(7-1)13-28(22-25-18-11-5-6-12-19(18)26-22)20(15)27-21-23-16-9-3-4-10-17(16)24-21/h1-12H,13H2,(H,23,24)(H,25,26). The largest absolute Gasteiger partial charge is 0.324 e. The summed E-state index contributed by atoms with van der Waals surface area (Å²) in [6.45, 7) is 0.717. The Morgan fingerprint density at radius 1 is 0.750 bits per heavy atom. The highest BCUT2D eigenvalue weighted by Crippen LogP contribution is 2.30. The summed E-state index contributed by atoms with van der Waals surface area (Å²) in [5.74, 6) is 2.22. The topological polar surface area (TPSA) is 73.0 Å². The zero-order valence-corrected chi connectivity index (χ0v) is 14.9. The molecule has 2 N–H and O–H groups in total. The van der Waals surface area contributed by atoms with Crippen LogP contribution in [-0.4, -0.2) is 25.8 Å². The van der Waals surface area contributed by atoms with Crippen molar-refractivity contribution in [1.29, 1.82) is 0 Å². The second kappa shape index (κ2) is 5.79. The number of aliphatic imine (C=N–C) groups is 1. The molecule has 0 fully saturated rings. The van der Waals surface area contributed by atoms with Crippen LogP contribution in [0.2, 0.25) is 0 Å². The first-order chi connectivity index (χ1) is 13.8. The fourth-order valence-electron chi connectivity index (χ4n) is 3.72. The van der Waals surface area contributed by atoms with Gasteiger partial charge in [-0.05, 0) is 29.8 Å². The fraction of sp³-hybridized carbons (Fsp3) is 0.0455. The highest BCUT2D eigenvalue weighted by molar-refractivity contribution is 6.14. The third kappa shape index (κ3) is 2.31. The molecule has 28 heavy (non-hydrogen) atoms. The van der Waals surface area contributed by atoms with E-state index in [-0.39, 0.29) is 0 Å². The molecule has 3 heterocycles. The molecular weight excluding hydrogens is 348 g/mol. The number of fused-ring (bicyclic) bond motifs is 3. The summed E-state index contributed by atoms with van der Waals surface area (Å²) in [6, 6.07) is 24.3. The number of para-hydroxylation sites is 4. The Bertz CT molecular complexity index is 1290. The van der Waals surface area contributed by atoms with E-state index < -0.39 is 0 Å². The zero-order chi connectivity index (χ0) is 18.5. The molecule has 0 saturated carbocycles. The molecule has 0 bridgehead atoms. The molecule has 6 rings (SSSR count). The first kappa shape index (κ1) is 15.2. The van der Waals surface area contributed by atoms with Gasteiger partial charge in [-0.2, -0.15) is 4.99 Å². The molecular formula is C22H16N6. The number of hydrogen-bond acceptors (Lipinski definition) is 3. The Morgan fingerprint density at radius 3 is 2.21 bits per heavy atom. The molecule has 0 radical (unpaired) electrons. The van der Waals surface area contributed by atoms with Gasteiger partial charge in [0.2, 0.25) is 11.9 Å². The third-order valence-electron chi connectivity index (χ3n) is 5.06. The Balaban J connectivity index is 1.52. The zero-order valence-electron chi connectivity index (χ0n) is 14.9. The number of aromatic nitrogens is 4. The summed E-state index contributed by atoms with van der Waals surface area (Å²) in [7, 11) is 0. The lowest BCUT2D eigenvalue weighted by Crippen LogP contribution is -2.25. The first-order valence-corrected chi connectivity index (χ1v) is 9.19. The quantitative estimate of drug-likeness (QED) is 0.483. The maximum atomic E-state index is 4.88. The minimum atomic E-state index is 0.592. The van der Waals surface area contributed by atoms with Gasteiger partial charge >= 0.3 is 0 Å². The number of aromatic amines is 2. The number of imidazole rings is 2. The first-order valence-electron chi connectivity index (χ1n) is 9.19. The summed E-state index contributed by atoms with van der Waals surface area (Å²) < 4.78 is 0. The summed E-state index contributed by atoms with van der Waals surface area (Å²) in [5, 5.41) is 0. The highest BCUT2D eigenvalue weighted by atomic mass is 15.3. The molecule has 0 aliphatic carbocycles. The van der Waals surface area contributed by atoms with Gasteiger partial charge in [-0.3, -0.25) is 4.90 Å². The van der Waals surface area contributed by atoms with Gasteiger partial charge in [0, 0.05) is 5.56 Å². The molecule has 0 atom stereocenters. The highest BCUT2D eigenvalue weighted by Gasteiger charge is 2.28. The number of nitrogens with one attached hydrogen (secondary N) is 2. The molecule has 0 spiro atoms. The molecule has 1 aliphatic heterocycles. The third-order valence-corrected chi connectivity index (χ3v) is 5.06. The van der Waals surface area contributed by atoms with Crippen LogP contribution in [0.3, 0.4) is 0 Å². The Kier molecular flexibility index (Phi) is 3.13. The predicted octanol–water partition coefficient (Wildman–Crippen LogP) is 4.54. The van der Waals surface area contributed by atoms with Crippen LogP contribution < -0.4 is 4.90 Å². The van der Waals surface area contributed by atoms with Gasteiger partial charge in [-0.15, -0.1) is 0 Å². The van der Waals surface area contributed by atoms with Crippen LogP contribution in [0.25, 0.3) is 22.1 Å². The van der Waals surface area contributed by atoms with E-state index in [0.29, 0.717) is 5.95 Å². The smallest absolute Gasteiger partial charge is 0.229 e. The van der Waals surface area contributed by atoms with Crippen molar-refractivity contribution < 1.29 is 0 Å². The Labute approximate surface area is 160 Å². The fourth-order valence-corrected chi connectivity index (χ4v) is 3.72. The van der Waals surface area contributed by atoms with E-state index in [1.807, 2.05) is 54.6 Å². The predicted molar refractivity (Wildman–Crippen MR) is 111 cm³/mol. The monoisotopic (exact) mass is 364 g/mol. The number of nitrogens with zero attached hydrogens (tertiary/aromatic N) is 4. The molecule has 1 aliphatic rings. The van der Waals surface area contributed by atoms with Crippen LogP contribution in [0, 0.1) is 0 Å². The van der Waals surface area contributed by atoms with E-state index in [0.717, 1.165) is 46.0 Å². The van der Waals surface area contributed by atoms with Crippen molar-refractivity contribution in [3.8, 4) is 0 Å².